The maximum atomic E-state index is 13.0. The number of nitrogen functional groups attached to an aromatic ring is 1. The largest absolute Gasteiger partial charge is 0.395 e. The van der Waals surface area contributed by atoms with Crippen LogP contribution in [-0.2, 0) is 0 Å². The molecule has 2 rings (SSSR count). The van der Waals surface area contributed by atoms with Gasteiger partial charge in [-0.2, -0.15) is 5.10 Å². The van der Waals surface area contributed by atoms with Crippen LogP contribution in [0.15, 0.2) is 18.2 Å². The van der Waals surface area contributed by atoms with E-state index in [4.69, 9.17) is 17.3 Å². The van der Waals surface area contributed by atoms with E-state index in [-0.39, 0.29) is 16.6 Å². The van der Waals surface area contributed by atoms with Crippen molar-refractivity contribution in [2.45, 2.75) is 19.8 Å². The molecule has 0 aliphatic heterocycles. The predicted molar refractivity (Wildman–Crippen MR) is 76.5 cm³/mol. The van der Waals surface area contributed by atoms with Gasteiger partial charge in [0, 0.05) is 5.69 Å². The van der Waals surface area contributed by atoms with Crippen LogP contribution in [0.4, 0.5) is 15.8 Å². The quantitative estimate of drug-likeness (QED) is 0.813. The maximum Gasteiger partial charge on any atom is 0.278 e. The molecule has 7 heteroatoms. The Kier molecular flexibility index (Phi) is 3.94. The molecule has 0 radical (unpaired) electrons. The standard InChI is InChI=1S/C13H14ClFN4O/c1-6(2)11-10(16)12(19-18-11)13(20)17-7-3-4-9(15)8(14)5-7/h3-6H,16H2,1-2H3,(H,17,20)(H,18,19). The zero-order valence-corrected chi connectivity index (χ0v) is 11.8. The number of H-pyrrole nitrogens is 1. The first-order valence-corrected chi connectivity index (χ1v) is 6.38. The maximum absolute atomic E-state index is 13.0. The first-order chi connectivity index (χ1) is 9.40. The average Bonchev–Trinajstić information content (AvgIpc) is 2.76. The van der Waals surface area contributed by atoms with Gasteiger partial charge in [0.25, 0.3) is 5.91 Å². The molecule has 0 aliphatic carbocycles. The van der Waals surface area contributed by atoms with Crippen molar-refractivity contribution >= 4 is 28.9 Å². The molecule has 2 aromatic rings. The van der Waals surface area contributed by atoms with Gasteiger partial charge < -0.3 is 11.1 Å². The third kappa shape index (κ3) is 2.75. The molecule has 0 spiro atoms. The van der Waals surface area contributed by atoms with Crippen molar-refractivity contribution in [2.75, 3.05) is 11.1 Å². The van der Waals surface area contributed by atoms with Crippen LogP contribution < -0.4 is 11.1 Å². The zero-order valence-electron chi connectivity index (χ0n) is 11.0. The van der Waals surface area contributed by atoms with Crippen molar-refractivity contribution in [3.05, 3.63) is 40.4 Å². The normalized spacial score (nSPS) is 10.8. The minimum Gasteiger partial charge on any atom is -0.395 e. The second-order valence-corrected chi connectivity index (χ2v) is 5.04. The summed E-state index contributed by atoms with van der Waals surface area (Å²) in [6.07, 6.45) is 0. The molecular formula is C13H14ClFN4O. The molecule has 106 valence electrons. The van der Waals surface area contributed by atoms with E-state index in [9.17, 15) is 9.18 Å². The van der Waals surface area contributed by atoms with E-state index in [0.29, 0.717) is 17.1 Å². The summed E-state index contributed by atoms with van der Waals surface area (Å²) in [7, 11) is 0. The van der Waals surface area contributed by atoms with Crippen LogP contribution in [0.25, 0.3) is 0 Å². The van der Waals surface area contributed by atoms with Crippen LogP contribution >= 0.6 is 11.6 Å². The van der Waals surface area contributed by atoms with Crippen molar-refractivity contribution in [1.29, 1.82) is 0 Å². The number of anilines is 2. The first kappa shape index (κ1) is 14.3. The lowest BCUT2D eigenvalue weighted by molar-refractivity contribution is 0.102. The molecule has 1 heterocycles. The molecule has 1 aromatic carbocycles. The molecular weight excluding hydrogens is 283 g/mol. The monoisotopic (exact) mass is 296 g/mol. The third-order valence-electron chi connectivity index (χ3n) is 2.80. The van der Waals surface area contributed by atoms with Gasteiger partial charge in [-0.05, 0) is 24.1 Å². The lowest BCUT2D eigenvalue weighted by atomic mass is 10.1. The number of hydrogen-bond donors (Lipinski definition) is 3. The van der Waals surface area contributed by atoms with Gasteiger partial charge in [0.2, 0.25) is 0 Å². The smallest absolute Gasteiger partial charge is 0.278 e. The topological polar surface area (TPSA) is 83.8 Å². The van der Waals surface area contributed by atoms with Crippen LogP contribution in [0.5, 0.6) is 0 Å². The van der Waals surface area contributed by atoms with Crippen molar-refractivity contribution < 1.29 is 9.18 Å². The van der Waals surface area contributed by atoms with Gasteiger partial charge in [0.1, 0.15) is 5.82 Å². The molecule has 0 atom stereocenters. The van der Waals surface area contributed by atoms with Crippen LogP contribution in [0.3, 0.4) is 0 Å². The molecule has 0 unspecified atom stereocenters. The number of benzene rings is 1. The summed E-state index contributed by atoms with van der Waals surface area (Å²) in [4.78, 5) is 12.1. The van der Waals surface area contributed by atoms with Gasteiger partial charge in [-0.3, -0.25) is 9.89 Å². The first-order valence-electron chi connectivity index (χ1n) is 6.00. The second kappa shape index (κ2) is 5.50. The number of carbonyl (C=O) groups is 1. The lowest BCUT2D eigenvalue weighted by Gasteiger charge is -2.05. The second-order valence-electron chi connectivity index (χ2n) is 4.64. The van der Waals surface area contributed by atoms with Crippen LogP contribution in [0.2, 0.25) is 5.02 Å². The van der Waals surface area contributed by atoms with Crippen molar-refractivity contribution in [2.24, 2.45) is 0 Å². The number of aromatic nitrogens is 2. The Bertz CT molecular complexity index is 654. The number of hydrogen-bond acceptors (Lipinski definition) is 3. The number of nitrogens with two attached hydrogens (primary N) is 1. The summed E-state index contributed by atoms with van der Waals surface area (Å²) in [5.41, 5.74) is 7.36. The van der Waals surface area contributed by atoms with Crippen molar-refractivity contribution in [1.82, 2.24) is 10.2 Å². The number of carbonyl (C=O) groups excluding carboxylic acids is 1. The van der Waals surface area contributed by atoms with Gasteiger partial charge in [-0.25, -0.2) is 4.39 Å². The summed E-state index contributed by atoms with van der Waals surface area (Å²) < 4.78 is 13.0. The fourth-order valence-electron chi connectivity index (χ4n) is 1.74. The minimum atomic E-state index is -0.550. The summed E-state index contributed by atoms with van der Waals surface area (Å²) in [5.74, 6) is -0.899. The summed E-state index contributed by atoms with van der Waals surface area (Å²) >= 11 is 5.65. The highest BCUT2D eigenvalue weighted by molar-refractivity contribution is 6.31. The molecule has 0 saturated heterocycles. The number of nitrogens with zero attached hydrogens (tertiary/aromatic N) is 1. The molecule has 4 N–H and O–H groups in total. The van der Waals surface area contributed by atoms with Gasteiger partial charge in [-0.1, -0.05) is 25.4 Å². The van der Waals surface area contributed by atoms with Gasteiger partial charge in [0.05, 0.1) is 16.4 Å². The van der Waals surface area contributed by atoms with E-state index >= 15 is 0 Å². The van der Waals surface area contributed by atoms with E-state index in [0.717, 1.165) is 0 Å². The van der Waals surface area contributed by atoms with E-state index < -0.39 is 11.7 Å². The summed E-state index contributed by atoms with van der Waals surface area (Å²) in [6.45, 7) is 3.87. The van der Waals surface area contributed by atoms with E-state index in [1.54, 1.807) is 0 Å². The Balaban J connectivity index is 2.22. The Morgan fingerprint density at radius 3 is 2.75 bits per heavy atom. The number of aromatic amines is 1. The van der Waals surface area contributed by atoms with Crippen molar-refractivity contribution in [3.63, 3.8) is 0 Å². The molecule has 0 bridgehead atoms. The van der Waals surface area contributed by atoms with Crippen LogP contribution in [0, 0.1) is 5.82 Å². The highest BCUT2D eigenvalue weighted by atomic mass is 35.5. The highest BCUT2D eigenvalue weighted by Gasteiger charge is 2.19. The Labute approximate surface area is 120 Å². The molecule has 1 amide bonds. The number of amides is 1. The Morgan fingerprint density at radius 1 is 1.50 bits per heavy atom. The molecule has 0 saturated carbocycles. The number of nitrogens with one attached hydrogen (secondary N) is 2. The Hall–Kier alpha value is -2.08. The molecule has 0 aliphatic rings. The highest BCUT2D eigenvalue weighted by Crippen LogP contribution is 2.24. The van der Waals surface area contributed by atoms with Crippen LogP contribution in [-0.4, -0.2) is 16.1 Å². The molecule has 1 aromatic heterocycles. The summed E-state index contributed by atoms with van der Waals surface area (Å²) in [5, 5.41) is 9.14. The molecule has 0 fully saturated rings. The predicted octanol–water partition coefficient (Wildman–Crippen LogP) is 3.16. The van der Waals surface area contributed by atoms with Crippen molar-refractivity contribution in [3.8, 4) is 0 Å². The summed E-state index contributed by atoms with van der Waals surface area (Å²) in [6, 6.07) is 3.90. The van der Waals surface area contributed by atoms with E-state index in [1.807, 2.05) is 13.8 Å². The average molecular weight is 297 g/mol. The van der Waals surface area contributed by atoms with Gasteiger partial charge in [-0.15, -0.1) is 0 Å². The van der Waals surface area contributed by atoms with Crippen LogP contribution in [0.1, 0.15) is 35.9 Å². The van der Waals surface area contributed by atoms with Gasteiger partial charge >= 0.3 is 0 Å². The minimum absolute atomic E-state index is 0.0688. The van der Waals surface area contributed by atoms with E-state index in [2.05, 4.69) is 15.5 Å². The Morgan fingerprint density at radius 2 is 2.20 bits per heavy atom. The molecule has 5 nitrogen and oxygen atoms in total. The number of halogens is 2. The fraction of sp³-hybridized carbons (Fsp3) is 0.231. The fourth-order valence-corrected chi connectivity index (χ4v) is 1.92. The number of rotatable bonds is 3. The SMILES string of the molecule is CC(C)c1[nH]nc(C(=O)Nc2ccc(F)c(Cl)c2)c1N. The van der Waals surface area contributed by atoms with Gasteiger partial charge in [0.15, 0.2) is 5.69 Å². The lowest BCUT2D eigenvalue weighted by Crippen LogP contribution is -2.14. The van der Waals surface area contributed by atoms with E-state index in [1.165, 1.54) is 18.2 Å². The molecule has 20 heavy (non-hydrogen) atoms. The third-order valence-corrected chi connectivity index (χ3v) is 3.09. The zero-order chi connectivity index (χ0) is 14.9.